The molecule has 2 saturated heterocycles. The van der Waals surface area contributed by atoms with Crippen LogP contribution in [0.5, 0.6) is 0 Å². The van der Waals surface area contributed by atoms with Gasteiger partial charge in [0.2, 0.25) is 5.91 Å². The molecule has 5 heteroatoms. The number of hydrogen-bond acceptors (Lipinski definition) is 3. The Kier molecular flexibility index (Phi) is 4.24. The Hall–Kier alpha value is -1.10. The first kappa shape index (κ1) is 13.9. The van der Waals surface area contributed by atoms with Crippen LogP contribution in [0.3, 0.4) is 0 Å². The van der Waals surface area contributed by atoms with E-state index < -0.39 is 0 Å². The molecule has 5 nitrogen and oxygen atoms in total. The van der Waals surface area contributed by atoms with Crippen LogP contribution < -0.4 is 10.6 Å². The number of carbonyl (C=O) groups is 2. The van der Waals surface area contributed by atoms with Crippen molar-refractivity contribution in [2.24, 2.45) is 17.8 Å². The predicted octanol–water partition coefficient (Wildman–Crippen LogP) is 1.34. The molecule has 0 aromatic carbocycles. The van der Waals surface area contributed by atoms with Gasteiger partial charge in [-0.15, -0.1) is 0 Å². The smallest absolute Gasteiger partial charge is 0.324 e. The normalized spacial score (nSPS) is 31.2. The van der Waals surface area contributed by atoms with E-state index in [4.69, 9.17) is 0 Å². The first-order valence-electron chi connectivity index (χ1n) is 8.04. The van der Waals surface area contributed by atoms with E-state index in [1.165, 1.54) is 37.0 Å². The molecule has 112 valence electrons. The zero-order chi connectivity index (χ0) is 13.9. The number of amides is 3. The molecule has 3 rings (SSSR count). The summed E-state index contributed by atoms with van der Waals surface area (Å²) in [6, 6.07) is -0.169. The van der Waals surface area contributed by atoms with Crippen LogP contribution >= 0.6 is 0 Å². The number of nitrogens with zero attached hydrogens (tertiary/aromatic N) is 1. The monoisotopic (exact) mass is 279 g/mol. The van der Waals surface area contributed by atoms with Crippen molar-refractivity contribution in [3.63, 3.8) is 0 Å². The molecule has 3 amide bonds. The molecule has 1 aliphatic carbocycles. The summed E-state index contributed by atoms with van der Waals surface area (Å²) in [6.07, 6.45) is 7.24. The highest BCUT2D eigenvalue weighted by Gasteiger charge is 2.39. The summed E-state index contributed by atoms with van der Waals surface area (Å²) in [5.41, 5.74) is 0. The van der Waals surface area contributed by atoms with Gasteiger partial charge in [0.15, 0.2) is 0 Å². The Morgan fingerprint density at radius 3 is 2.85 bits per heavy atom. The molecular formula is C15H25N3O2. The summed E-state index contributed by atoms with van der Waals surface area (Å²) in [4.78, 5) is 26.0. The summed E-state index contributed by atoms with van der Waals surface area (Å²) < 4.78 is 0. The van der Waals surface area contributed by atoms with Crippen LogP contribution in [0.25, 0.3) is 0 Å². The molecule has 3 aliphatic rings. The number of fused-ring (bicyclic) bond motifs is 2. The SMILES string of the molecule is O=C(NCC1CCCCC1)N1CC2CNCC(C2)C1=O. The molecule has 3 fully saturated rings. The van der Waals surface area contributed by atoms with E-state index in [0.29, 0.717) is 18.4 Å². The number of urea groups is 1. The van der Waals surface area contributed by atoms with E-state index in [0.717, 1.165) is 26.1 Å². The Balaban J connectivity index is 1.52. The zero-order valence-corrected chi connectivity index (χ0v) is 12.1. The molecule has 2 atom stereocenters. The maximum Gasteiger partial charge on any atom is 0.324 e. The lowest BCUT2D eigenvalue weighted by Gasteiger charge is -2.40. The van der Waals surface area contributed by atoms with Gasteiger partial charge < -0.3 is 10.6 Å². The Labute approximate surface area is 120 Å². The van der Waals surface area contributed by atoms with Crippen molar-refractivity contribution >= 4 is 11.9 Å². The topological polar surface area (TPSA) is 61.4 Å². The number of piperidine rings is 2. The van der Waals surface area contributed by atoms with E-state index >= 15 is 0 Å². The lowest BCUT2D eigenvalue weighted by Crippen LogP contribution is -2.58. The number of hydrogen-bond donors (Lipinski definition) is 2. The van der Waals surface area contributed by atoms with E-state index in [9.17, 15) is 9.59 Å². The third-order valence-corrected chi connectivity index (χ3v) is 5.01. The van der Waals surface area contributed by atoms with Crippen LogP contribution in [0.1, 0.15) is 38.5 Å². The number of rotatable bonds is 2. The first-order chi connectivity index (χ1) is 9.74. The van der Waals surface area contributed by atoms with Crippen LogP contribution in [0, 0.1) is 17.8 Å². The molecule has 2 aliphatic heterocycles. The highest BCUT2D eigenvalue weighted by Crippen LogP contribution is 2.26. The van der Waals surface area contributed by atoms with Gasteiger partial charge in [-0.25, -0.2) is 4.79 Å². The van der Waals surface area contributed by atoms with Gasteiger partial charge >= 0.3 is 6.03 Å². The van der Waals surface area contributed by atoms with Crippen molar-refractivity contribution in [1.29, 1.82) is 0 Å². The first-order valence-corrected chi connectivity index (χ1v) is 8.04. The molecule has 2 heterocycles. The molecule has 0 aromatic heterocycles. The van der Waals surface area contributed by atoms with E-state index in [2.05, 4.69) is 10.6 Å². The van der Waals surface area contributed by atoms with Crippen LogP contribution in [0.15, 0.2) is 0 Å². The Morgan fingerprint density at radius 1 is 1.25 bits per heavy atom. The maximum atomic E-state index is 12.3. The quantitative estimate of drug-likeness (QED) is 0.802. The van der Waals surface area contributed by atoms with E-state index in [1.807, 2.05) is 0 Å². The average molecular weight is 279 g/mol. The van der Waals surface area contributed by atoms with Crippen LogP contribution in [0.2, 0.25) is 0 Å². The Bertz CT molecular complexity index is 379. The fourth-order valence-corrected chi connectivity index (χ4v) is 3.83. The van der Waals surface area contributed by atoms with Crippen molar-refractivity contribution in [2.75, 3.05) is 26.2 Å². The third-order valence-electron chi connectivity index (χ3n) is 5.01. The summed E-state index contributed by atoms with van der Waals surface area (Å²) in [6.45, 7) is 2.97. The molecule has 2 N–H and O–H groups in total. The molecule has 1 saturated carbocycles. The highest BCUT2D eigenvalue weighted by molar-refractivity contribution is 5.96. The van der Waals surface area contributed by atoms with Crippen molar-refractivity contribution in [1.82, 2.24) is 15.5 Å². The molecule has 20 heavy (non-hydrogen) atoms. The molecule has 2 bridgehead atoms. The molecule has 0 radical (unpaired) electrons. The number of nitrogens with one attached hydrogen (secondary N) is 2. The van der Waals surface area contributed by atoms with Crippen molar-refractivity contribution in [2.45, 2.75) is 38.5 Å². The molecule has 2 unspecified atom stereocenters. The number of carbonyl (C=O) groups excluding carboxylic acids is 2. The van der Waals surface area contributed by atoms with Gasteiger partial charge in [-0.1, -0.05) is 19.3 Å². The minimum absolute atomic E-state index is 0.00271. The zero-order valence-electron chi connectivity index (χ0n) is 12.1. The lowest BCUT2D eigenvalue weighted by molar-refractivity contribution is -0.137. The summed E-state index contributed by atoms with van der Waals surface area (Å²) in [5, 5.41) is 6.27. The third kappa shape index (κ3) is 2.97. The van der Waals surface area contributed by atoms with E-state index in [1.54, 1.807) is 0 Å². The minimum atomic E-state index is -0.169. The van der Waals surface area contributed by atoms with Gasteiger partial charge in [-0.05, 0) is 37.6 Å². The van der Waals surface area contributed by atoms with Gasteiger partial charge in [-0.2, -0.15) is 0 Å². The van der Waals surface area contributed by atoms with Crippen molar-refractivity contribution in [3.05, 3.63) is 0 Å². The summed E-state index contributed by atoms with van der Waals surface area (Å²) in [5.74, 6) is 1.05. The predicted molar refractivity (Wildman–Crippen MR) is 76.2 cm³/mol. The highest BCUT2D eigenvalue weighted by atomic mass is 16.2. The fraction of sp³-hybridized carbons (Fsp3) is 0.867. The second-order valence-corrected chi connectivity index (χ2v) is 6.60. The van der Waals surface area contributed by atoms with Crippen molar-refractivity contribution in [3.8, 4) is 0 Å². The fourth-order valence-electron chi connectivity index (χ4n) is 3.83. The summed E-state index contributed by atoms with van der Waals surface area (Å²) >= 11 is 0. The summed E-state index contributed by atoms with van der Waals surface area (Å²) in [7, 11) is 0. The van der Waals surface area contributed by atoms with Crippen LogP contribution in [-0.4, -0.2) is 43.0 Å². The van der Waals surface area contributed by atoms with Gasteiger partial charge in [0.25, 0.3) is 0 Å². The van der Waals surface area contributed by atoms with Gasteiger partial charge in [0, 0.05) is 19.6 Å². The standard InChI is InChI=1S/C15H25N3O2/c19-14-13-6-12(7-16-9-13)10-18(14)15(20)17-8-11-4-2-1-3-5-11/h11-13,16H,1-10H2,(H,17,20). The molecule has 0 spiro atoms. The molecular weight excluding hydrogens is 254 g/mol. The van der Waals surface area contributed by atoms with Crippen LogP contribution in [0.4, 0.5) is 4.79 Å². The molecule has 0 aromatic rings. The Morgan fingerprint density at radius 2 is 2.05 bits per heavy atom. The van der Waals surface area contributed by atoms with Crippen molar-refractivity contribution < 1.29 is 9.59 Å². The second-order valence-electron chi connectivity index (χ2n) is 6.60. The van der Waals surface area contributed by atoms with E-state index in [-0.39, 0.29) is 17.9 Å². The second kappa shape index (κ2) is 6.12. The lowest BCUT2D eigenvalue weighted by atomic mass is 9.85. The number of imide groups is 1. The number of likely N-dealkylation sites (tertiary alicyclic amines) is 1. The van der Waals surface area contributed by atoms with Gasteiger partial charge in [0.1, 0.15) is 0 Å². The van der Waals surface area contributed by atoms with Crippen LogP contribution in [-0.2, 0) is 4.79 Å². The maximum absolute atomic E-state index is 12.3. The van der Waals surface area contributed by atoms with Gasteiger partial charge in [-0.3, -0.25) is 9.69 Å². The average Bonchev–Trinajstić information content (AvgIpc) is 2.50. The minimum Gasteiger partial charge on any atom is -0.337 e. The largest absolute Gasteiger partial charge is 0.337 e. The van der Waals surface area contributed by atoms with Gasteiger partial charge in [0.05, 0.1) is 5.92 Å².